The number of benzene rings is 1. The number of hydrogen-bond donors (Lipinski definition) is 3. The molecule has 1 aliphatic heterocycles. The molecule has 1 saturated heterocycles. The van der Waals surface area contributed by atoms with Crippen LogP contribution in [-0.4, -0.2) is 51.4 Å². The van der Waals surface area contributed by atoms with Crippen molar-refractivity contribution in [1.82, 2.24) is 15.8 Å². The van der Waals surface area contributed by atoms with E-state index in [0.717, 1.165) is 34.5 Å². The third-order valence-corrected chi connectivity index (χ3v) is 7.07. The molecule has 4 rings (SSSR count). The highest BCUT2D eigenvalue weighted by Crippen LogP contribution is 2.38. The van der Waals surface area contributed by atoms with E-state index in [1.54, 1.807) is 19.2 Å². The standard InChI is InChI=1S/C27H37FN4O2/c1-17-6-5-7-20(10-17)26(14-29)30-16-34-15-21-11-22(33-4)13-23(18(21)2)19-8-9-25-24(12-19)27(28)32(3)31-25/h5-8,10-13,18,21,25-27,30-31H,9,14-16,29H2,1-4H3/t18?,21?,25?,26?,27-/m0/s1. The van der Waals surface area contributed by atoms with Crippen LogP contribution in [0.4, 0.5) is 4.39 Å². The molecular formula is C27H37FN4O2. The Labute approximate surface area is 202 Å². The predicted octanol–water partition coefficient (Wildman–Crippen LogP) is 3.65. The number of halogens is 1. The summed E-state index contributed by atoms with van der Waals surface area (Å²) in [7, 11) is 3.42. The summed E-state index contributed by atoms with van der Waals surface area (Å²) < 4.78 is 26.3. The van der Waals surface area contributed by atoms with E-state index in [-0.39, 0.29) is 23.9 Å². The largest absolute Gasteiger partial charge is 0.497 e. The van der Waals surface area contributed by atoms with E-state index in [2.05, 4.69) is 61.0 Å². The van der Waals surface area contributed by atoms with Gasteiger partial charge in [0.2, 0.25) is 0 Å². The maximum atomic E-state index is 14.6. The molecule has 34 heavy (non-hydrogen) atoms. The summed E-state index contributed by atoms with van der Waals surface area (Å²) in [5.41, 5.74) is 14.6. The third kappa shape index (κ3) is 5.34. The molecule has 0 aromatic heterocycles. The molecule has 184 valence electrons. The second-order valence-corrected chi connectivity index (χ2v) is 9.41. The van der Waals surface area contributed by atoms with E-state index in [9.17, 15) is 4.39 Å². The molecule has 0 bridgehead atoms. The van der Waals surface area contributed by atoms with Crippen molar-refractivity contribution in [2.75, 3.05) is 34.0 Å². The topological polar surface area (TPSA) is 71.8 Å². The Hall–Kier alpha value is -2.29. The predicted molar refractivity (Wildman–Crippen MR) is 133 cm³/mol. The van der Waals surface area contributed by atoms with Crippen LogP contribution in [0.15, 0.2) is 71.0 Å². The van der Waals surface area contributed by atoms with Gasteiger partial charge < -0.3 is 15.2 Å². The molecule has 1 aromatic carbocycles. The SMILES string of the molecule is COC1=CC(COCNC(CN)c2cccc(C)c2)C(C)C(C2=CCC3NN(C)[C@H](F)C3=C2)=C1. The summed E-state index contributed by atoms with van der Waals surface area (Å²) in [5.74, 6) is 1.18. The quantitative estimate of drug-likeness (QED) is 0.292. The van der Waals surface area contributed by atoms with Crippen LogP contribution >= 0.6 is 0 Å². The van der Waals surface area contributed by atoms with Gasteiger partial charge in [-0.2, -0.15) is 0 Å². The zero-order valence-electron chi connectivity index (χ0n) is 20.6. The van der Waals surface area contributed by atoms with Crippen molar-refractivity contribution in [1.29, 1.82) is 0 Å². The Balaban J connectivity index is 1.38. The molecule has 0 amide bonds. The molecule has 3 aliphatic rings. The van der Waals surface area contributed by atoms with E-state index < -0.39 is 6.30 Å². The molecular weight excluding hydrogens is 431 g/mol. The molecule has 0 radical (unpaired) electrons. The lowest BCUT2D eigenvalue weighted by atomic mass is 9.78. The van der Waals surface area contributed by atoms with E-state index in [1.165, 1.54) is 5.56 Å². The zero-order valence-corrected chi connectivity index (χ0v) is 20.6. The molecule has 1 fully saturated rings. The lowest BCUT2D eigenvalue weighted by molar-refractivity contribution is 0.0788. The number of methoxy groups -OCH3 is 1. The smallest absolute Gasteiger partial charge is 0.189 e. The summed E-state index contributed by atoms with van der Waals surface area (Å²) in [6.07, 6.45) is 8.07. The van der Waals surface area contributed by atoms with Crippen LogP contribution in [0.1, 0.15) is 30.5 Å². The lowest BCUT2D eigenvalue weighted by Crippen LogP contribution is -2.34. The Morgan fingerprint density at radius 2 is 2.15 bits per heavy atom. The molecule has 1 heterocycles. The molecule has 4 unspecified atom stereocenters. The van der Waals surface area contributed by atoms with Gasteiger partial charge in [-0.1, -0.05) is 42.8 Å². The number of aryl methyl sites for hydroxylation is 1. The number of nitrogens with two attached hydrogens (primary N) is 1. The van der Waals surface area contributed by atoms with Crippen LogP contribution in [0.25, 0.3) is 0 Å². The second-order valence-electron chi connectivity index (χ2n) is 9.41. The Morgan fingerprint density at radius 1 is 1.32 bits per heavy atom. The van der Waals surface area contributed by atoms with Gasteiger partial charge in [-0.3, -0.25) is 5.32 Å². The van der Waals surface area contributed by atoms with Crippen LogP contribution in [-0.2, 0) is 9.47 Å². The minimum atomic E-state index is -1.10. The van der Waals surface area contributed by atoms with Crippen molar-refractivity contribution in [3.63, 3.8) is 0 Å². The molecule has 2 aliphatic carbocycles. The molecule has 4 N–H and O–H groups in total. The fourth-order valence-electron chi connectivity index (χ4n) is 4.98. The first kappa shape index (κ1) is 24.8. The highest BCUT2D eigenvalue weighted by atomic mass is 19.1. The summed E-state index contributed by atoms with van der Waals surface area (Å²) in [6, 6.07) is 8.44. The molecule has 7 heteroatoms. The van der Waals surface area contributed by atoms with Crippen molar-refractivity contribution in [3.05, 3.63) is 82.2 Å². The number of nitrogens with one attached hydrogen (secondary N) is 2. The van der Waals surface area contributed by atoms with Gasteiger partial charge in [0.05, 0.1) is 26.5 Å². The molecule has 5 atom stereocenters. The number of rotatable bonds is 9. The number of hydrogen-bond acceptors (Lipinski definition) is 6. The number of fused-ring (bicyclic) bond motifs is 1. The van der Waals surface area contributed by atoms with Crippen molar-refractivity contribution < 1.29 is 13.9 Å². The fraction of sp³-hybridized carbons (Fsp3) is 0.481. The molecule has 0 spiro atoms. The first-order chi connectivity index (χ1) is 16.4. The van der Waals surface area contributed by atoms with Gasteiger partial charge in [0.15, 0.2) is 6.30 Å². The highest BCUT2D eigenvalue weighted by Gasteiger charge is 2.37. The lowest BCUT2D eigenvalue weighted by Gasteiger charge is -2.30. The number of alkyl halides is 1. The first-order valence-electron chi connectivity index (χ1n) is 12.0. The fourth-order valence-corrected chi connectivity index (χ4v) is 4.98. The number of nitrogens with zero attached hydrogens (tertiary/aromatic N) is 1. The van der Waals surface area contributed by atoms with E-state index in [4.69, 9.17) is 15.2 Å². The normalized spacial score (nSPS) is 27.9. The maximum absolute atomic E-state index is 14.6. The van der Waals surface area contributed by atoms with Gasteiger partial charge in [0, 0.05) is 25.6 Å². The van der Waals surface area contributed by atoms with Gasteiger partial charge in [-0.15, -0.1) is 0 Å². The number of likely N-dealkylation sites (N-methyl/N-ethyl adjacent to an activating group) is 1. The highest BCUT2D eigenvalue weighted by molar-refractivity contribution is 5.51. The number of hydrazine groups is 1. The third-order valence-electron chi connectivity index (χ3n) is 7.07. The summed E-state index contributed by atoms with van der Waals surface area (Å²) >= 11 is 0. The Bertz CT molecular complexity index is 998. The summed E-state index contributed by atoms with van der Waals surface area (Å²) in [4.78, 5) is 0. The van der Waals surface area contributed by atoms with Crippen molar-refractivity contribution in [2.24, 2.45) is 17.6 Å². The first-order valence-corrected chi connectivity index (χ1v) is 12.0. The monoisotopic (exact) mass is 468 g/mol. The average molecular weight is 469 g/mol. The average Bonchev–Trinajstić information content (AvgIpc) is 3.12. The van der Waals surface area contributed by atoms with Crippen LogP contribution in [0.5, 0.6) is 0 Å². The second kappa shape index (κ2) is 11.0. The summed E-state index contributed by atoms with van der Waals surface area (Å²) in [6.45, 7) is 5.73. The van der Waals surface area contributed by atoms with Crippen molar-refractivity contribution in [2.45, 2.75) is 38.6 Å². The maximum Gasteiger partial charge on any atom is 0.189 e. The van der Waals surface area contributed by atoms with E-state index in [0.29, 0.717) is 19.9 Å². The minimum Gasteiger partial charge on any atom is -0.497 e. The van der Waals surface area contributed by atoms with Crippen molar-refractivity contribution >= 4 is 0 Å². The van der Waals surface area contributed by atoms with Gasteiger partial charge in [0.1, 0.15) is 5.76 Å². The van der Waals surface area contributed by atoms with Gasteiger partial charge >= 0.3 is 0 Å². The van der Waals surface area contributed by atoms with Gasteiger partial charge in [-0.05, 0) is 59.8 Å². The van der Waals surface area contributed by atoms with Gasteiger partial charge in [0.25, 0.3) is 0 Å². The minimum absolute atomic E-state index is 0.0368. The van der Waals surface area contributed by atoms with Crippen LogP contribution in [0.3, 0.4) is 0 Å². The van der Waals surface area contributed by atoms with Crippen LogP contribution in [0.2, 0.25) is 0 Å². The van der Waals surface area contributed by atoms with Crippen LogP contribution in [0, 0.1) is 18.8 Å². The van der Waals surface area contributed by atoms with E-state index >= 15 is 0 Å². The number of allylic oxidation sites excluding steroid dienone is 4. The molecule has 1 aromatic rings. The van der Waals surface area contributed by atoms with Crippen LogP contribution < -0.4 is 16.5 Å². The molecule has 0 saturated carbocycles. The Kier molecular flexibility index (Phi) is 8.01. The van der Waals surface area contributed by atoms with Crippen molar-refractivity contribution in [3.8, 4) is 0 Å². The number of ether oxygens (including phenoxy) is 2. The summed E-state index contributed by atoms with van der Waals surface area (Å²) in [5, 5.41) is 4.96. The zero-order chi connectivity index (χ0) is 24.2. The van der Waals surface area contributed by atoms with E-state index in [1.807, 2.05) is 12.1 Å². The Morgan fingerprint density at radius 3 is 2.88 bits per heavy atom. The van der Waals surface area contributed by atoms with Gasteiger partial charge in [-0.25, -0.2) is 14.8 Å². The molecule has 6 nitrogen and oxygen atoms in total.